The second-order valence-electron chi connectivity index (χ2n) is 7.48. The lowest BCUT2D eigenvalue weighted by atomic mass is 9.77. The number of amides is 1. The number of halogens is 2. The first kappa shape index (κ1) is 22.7. The van der Waals surface area contributed by atoms with Gasteiger partial charge in [0.15, 0.2) is 5.78 Å². The maximum absolute atomic E-state index is 12.6. The molecule has 6 nitrogen and oxygen atoms in total. The maximum atomic E-state index is 12.6. The molecule has 0 bridgehead atoms. The molecule has 1 heterocycles. The van der Waals surface area contributed by atoms with Crippen LogP contribution in [0.2, 0.25) is 5.02 Å². The van der Waals surface area contributed by atoms with Gasteiger partial charge in [-0.25, -0.2) is 4.79 Å². The van der Waals surface area contributed by atoms with Gasteiger partial charge < -0.3 is 14.7 Å². The molecular formula is C20H25Cl2NO5. The molecule has 2 unspecified atom stereocenters. The summed E-state index contributed by atoms with van der Waals surface area (Å²) in [5.74, 6) is -2.91. The molecule has 3 rings (SSSR count). The van der Waals surface area contributed by atoms with E-state index in [2.05, 4.69) is 0 Å². The van der Waals surface area contributed by atoms with E-state index >= 15 is 0 Å². The minimum atomic E-state index is -1.57. The van der Waals surface area contributed by atoms with Gasteiger partial charge in [-0.15, -0.1) is 0 Å². The zero-order valence-electron chi connectivity index (χ0n) is 16.3. The molecule has 154 valence electrons. The van der Waals surface area contributed by atoms with Gasteiger partial charge in [0, 0.05) is 24.2 Å². The van der Waals surface area contributed by atoms with E-state index in [9.17, 15) is 14.4 Å². The zero-order chi connectivity index (χ0) is 21.1. The van der Waals surface area contributed by atoms with E-state index in [0.717, 1.165) is 23.5 Å². The first-order valence-electron chi connectivity index (χ1n) is 9.15. The monoisotopic (exact) mass is 429 g/mol. The fourth-order valence-corrected chi connectivity index (χ4v) is 3.77. The number of nitrogens with zero attached hydrogens (tertiary/aromatic N) is 1. The van der Waals surface area contributed by atoms with Crippen molar-refractivity contribution in [3.63, 3.8) is 0 Å². The van der Waals surface area contributed by atoms with Gasteiger partial charge in [0.2, 0.25) is 0 Å². The Morgan fingerprint density at radius 3 is 2.39 bits per heavy atom. The Morgan fingerprint density at radius 2 is 1.89 bits per heavy atom. The van der Waals surface area contributed by atoms with Gasteiger partial charge in [-0.1, -0.05) is 23.2 Å². The fraction of sp³-hybridized carbons (Fsp3) is 0.550. The molecular weight excluding hydrogens is 405 g/mol. The lowest BCUT2D eigenvalue weighted by Gasteiger charge is -2.40. The second kappa shape index (κ2) is 8.80. The van der Waals surface area contributed by atoms with E-state index in [1.54, 1.807) is 25.1 Å². The van der Waals surface area contributed by atoms with Gasteiger partial charge >= 0.3 is 11.9 Å². The van der Waals surface area contributed by atoms with Gasteiger partial charge in [-0.2, -0.15) is 0 Å². The quantitative estimate of drug-likeness (QED) is 0.540. The van der Waals surface area contributed by atoms with Gasteiger partial charge in [0.25, 0.3) is 0 Å². The highest BCUT2D eigenvalue weighted by atomic mass is 35.5. The number of rotatable bonds is 1. The van der Waals surface area contributed by atoms with E-state index in [1.165, 1.54) is 19.9 Å². The summed E-state index contributed by atoms with van der Waals surface area (Å²) in [7, 11) is 1.34. The van der Waals surface area contributed by atoms with Crippen LogP contribution in [0.5, 0.6) is 0 Å². The van der Waals surface area contributed by atoms with E-state index in [-0.39, 0.29) is 10.8 Å². The van der Waals surface area contributed by atoms with Gasteiger partial charge in [-0.05, 0) is 69.7 Å². The fourth-order valence-electron chi connectivity index (χ4n) is 3.36. The third-order valence-electron chi connectivity index (χ3n) is 5.33. The number of carboxylic acids is 1. The molecule has 1 aromatic rings. The molecule has 1 amide bonds. The Labute approximate surface area is 174 Å². The number of carbonyl (C=O) groups is 3. The Balaban J connectivity index is 0.000000292. The number of benzene rings is 1. The largest absolute Gasteiger partial charge is 0.474 e. The normalized spacial score (nSPS) is 26.5. The highest BCUT2D eigenvalue weighted by molar-refractivity contribution is 6.32. The number of aryl methyl sites for hydroxylation is 1. The van der Waals surface area contributed by atoms with Crippen LogP contribution in [-0.2, 0) is 20.7 Å². The molecule has 2 aliphatic rings. The van der Waals surface area contributed by atoms with Crippen LogP contribution in [0.15, 0.2) is 18.2 Å². The predicted molar refractivity (Wildman–Crippen MR) is 107 cm³/mol. The molecule has 0 saturated carbocycles. The molecule has 1 N–H and O–H groups in total. The van der Waals surface area contributed by atoms with E-state index in [4.69, 9.17) is 33.0 Å². The zero-order valence-corrected chi connectivity index (χ0v) is 17.8. The minimum Gasteiger partial charge on any atom is -0.474 e. The molecule has 2 atom stereocenters. The van der Waals surface area contributed by atoms with Crippen molar-refractivity contribution in [2.24, 2.45) is 0 Å². The van der Waals surface area contributed by atoms with Crippen LogP contribution in [-0.4, -0.2) is 51.9 Å². The van der Waals surface area contributed by atoms with Crippen molar-refractivity contribution in [2.45, 2.75) is 56.6 Å². The molecule has 28 heavy (non-hydrogen) atoms. The van der Waals surface area contributed by atoms with Crippen LogP contribution in [0.3, 0.4) is 0 Å². The van der Waals surface area contributed by atoms with Crippen molar-refractivity contribution in [2.75, 3.05) is 13.7 Å². The molecule has 1 aliphatic heterocycles. The van der Waals surface area contributed by atoms with Crippen molar-refractivity contribution in [3.8, 4) is 0 Å². The number of aliphatic carboxylic acids is 1. The summed E-state index contributed by atoms with van der Waals surface area (Å²) in [6, 6.07) is 4.97. The average Bonchev–Trinajstić information content (AvgIpc) is 2.64. The number of alkyl halides is 1. The summed E-state index contributed by atoms with van der Waals surface area (Å²) in [5, 5.41) is 9.00. The summed E-state index contributed by atoms with van der Waals surface area (Å²) in [6.07, 6.45) is 4.31. The second-order valence-corrected chi connectivity index (χ2v) is 8.72. The van der Waals surface area contributed by atoms with Crippen LogP contribution in [0, 0.1) is 0 Å². The molecule has 1 aliphatic carbocycles. The Kier molecular flexibility index (Phi) is 7.12. The first-order chi connectivity index (χ1) is 13.0. The summed E-state index contributed by atoms with van der Waals surface area (Å²) in [4.78, 5) is 36.0. The molecule has 1 saturated heterocycles. The lowest BCUT2D eigenvalue weighted by molar-refractivity contribution is -0.157. The summed E-state index contributed by atoms with van der Waals surface area (Å²) >= 11 is 11.7. The van der Waals surface area contributed by atoms with Crippen LogP contribution in [0.25, 0.3) is 0 Å². The number of hydrogen-bond acceptors (Lipinski definition) is 4. The highest BCUT2D eigenvalue weighted by Gasteiger charge is 2.45. The molecule has 0 spiro atoms. The van der Waals surface area contributed by atoms with Gasteiger partial charge in [0.05, 0.1) is 0 Å². The molecule has 1 fully saturated rings. The smallest absolute Gasteiger partial charge is 0.394 e. The number of likely N-dealkylation sites (N-methyl/N-ethyl adjacent to an activating group) is 1. The summed E-state index contributed by atoms with van der Waals surface area (Å²) in [5.41, 5.74) is 0.181. The average molecular weight is 430 g/mol. The van der Waals surface area contributed by atoms with Gasteiger partial charge in [-0.3, -0.25) is 9.59 Å². The topological polar surface area (TPSA) is 83.9 Å². The third kappa shape index (κ3) is 5.04. The minimum absolute atomic E-state index is 0.257. The van der Waals surface area contributed by atoms with Crippen molar-refractivity contribution in [3.05, 3.63) is 34.3 Å². The van der Waals surface area contributed by atoms with Crippen molar-refractivity contribution >= 4 is 40.9 Å². The van der Waals surface area contributed by atoms with Crippen molar-refractivity contribution in [1.82, 2.24) is 4.90 Å². The Bertz CT molecular complexity index is 772. The van der Waals surface area contributed by atoms with E-state index in [0.29, 0.717) is 23.4 Å². The number of ketones is 1. The summed E-state index contributed by atoms with van der Waals surface area (Å²) in [6.45, 7) is 4.35. The SMILES string of the molecule is CC1(Cl)CCCCO1.CN(C(=O)C(=O)O)C1(C)CCc2cc(Cl)ccc2C1=O. The van der Waals surface area contributed by atoms with Crippen LogP contribution >= 0.6 is 23.2 Å². The van der Waals surface area contributed by atoms with Crippen LogP contribution in [0.4, 0.5) is 0 Å². The molecule has 8 heteroatoms. The Hall–Kier alpha value is -1.63. The first-order valence-corrected chi connectivity index (χ1v) is 9.91. The van der Waals surface area contributed by atoms with Crippen LogP contribution in [0.1, 0.15) is 55.5 Å². The Morgan fingerprint density at radius 1 is 1.21 bits per heavy atom. The van der Waals surface area contributed by atoms with Crippen molar-refractivity contribution < 1.29 is 24.2 Å². The highest BCUT2D eigenvalue weighted by Crippen LogP contribution is 2.34. The number of ether oxygens (including phenoxy) is 1. The van der Waals surface area contributed by atoms with E-state index in [1.807, 2.05) is 6.92 Å². The molecule has 1 aromatic carbocycles. The molecule has 0 aromatic heterocycles. The van der Waals surface area contributed by atoms with Crippen molar-refractivity contribution in [1.29, 1.82) is 0 Å². The number of hydrogen-bond donors (Lipinski definition) is 1. The third-order valence-corrected chi connectivity index (χ3v) is 5.86. The number of carboxylic acid groups (broad SMARTS) is 1. The number of fused-ring (bicyclic) bond motifs is 1. The van der Waals surface area contributed by atoms with Crippen LogP contribution < -0.4 is 0 Å². The standard InChI is InChI=1S/C14H14ClNO4.C6H11ClO/c1-14(16(2)12(18)13(19)20)6-5-8-7-9(15)3-4-10(8)11(14)17;1-6(7)4-2-3-5-8-6/h3-4,7H,5-6H2,1-2H3,(H,19,20);2-5H2,1H3. The van der Waals surface area contributed by atoms with Gasteiger partial charge in [0.1, 0.15) is 10.6 Å². The lowest BCUT2D eigenvalue weighted by Crippen LogP contribution is -2.56. The number of carbonyl (C=O) groups excluding carboxylic acids is 2. The maximum Gasteiger partial charge on any atom is 0.394 e. The number of Topliss-reactive ketones (excluding diaryl/α,β-unsaturated/α-hetero) is 1. The van der Waals surface area contributed by atoms with E-state index < -0.39 is 17.4 Å². The molecule has 0 radical (unpaired) electrons. The predicted octanol–water partition coefficient (Wildman–Crippen LogP) is 3.91. The summed E-state index contributed by atoms with van der Waals surface area (Å²) < 4.78 is 5.23.